The average molecular weight is 438 g/mol. The van der Waals surface area contributed by atoms with Gasteiger partial charge in [0.2, 0.25) is 0 Å². The van der Waals surface area contributed by atoms with E-state index in [0.29, 0.717) is 5.56 Å². The van der Waals surface area contributed by atoms with Crippen molar-refractivity contribution in [3.05, 3.63) is 87.5 Å². The van der Waals surface area contributed by atoms with Crippen LogP contribution < -0.4 is 5.32 Å². The minimum Gasteiger partial charge on any atom is -0.313 e. The van der Waals surface area contributed by atoms with Crippen molar-refractivity contribution in [2.24, 2.45) is 0 Å². The van der Waals surface area contributed by atoms with Crippen LogP contribution in [0.4, 0.5) is 9.39 Å². The lowest BCUT2D eigenvalue weighted by atomic mass is 9.94. The number of aryl methyl sites for hydroxylation is 1. The molecule has 1 aliphatic heterocycles. The summed E-state index contributed by atoms with van der Waals surface area (Å²) in [6, 6.07) is 16.0. The Morgan fingerprint density at radius 1 is 1.00 bits per heavy atom. The highest BCUT2D eigenvalue weighted by molar-refractivity contribution is 7.16. The fourth-order valence-electron chi connectivity index (χ4n) is 4.12. The number of nitrogens with one attached hydrogen (secondary N) is 1. The first-order valence-electron chi connectivity index (χ1n) is 10.6. The molecule has 6 heteroatoms. The normalized spacial score (nSPS) is 16.3. The Balaban J connectivity index is 1.75. The maximum Gasteiger partial charge on any atom is 0.256 e. The topological polar surface area (TPSA) is 35.6 Å². The van der Waals surface area contributed by atoms with Crippen LogP contribution in [0.5, 0.6) is 0 Å². The van der Waals surface area contributed by atoms with E-state index < -0.39 is 0 Å². The zero-order valence-electron chi connectivity index (χ0n) is 18.2. The van der Waals surface area contributed by atoms with Crippen LogP contribution in [0.2, 0.25) is 0 Å². The number of nitrogens with zero attached hydrogens (tertiary/aromatic N) is 2. The van der Waals surface area contributed by atoms with Gasteiger partial charge in [-0.1, -0.05) is 30.3 Å². The number of carbonyl (C=O) groups is 1. The molecule has 2 aromatic carbocycles. The first-order valence-corrected chi connectivity index (χ1v) is 11.4. The molecule has 0 spiro atoms. The highest BCUT2D eigenvalue weighted by Gasteiger charge is 2.31. The van der Waals surface area contributed by atoms with E-state index in [4.69, 9.17) is 0 Å². The summed E-state index contributed by atoms with van der Waals surface area (Å²) in [6.07, 6.45) is 0. The summed E-state index contributed by atoms with van der Waals surface area (Å²) in [5, 5.41) is 4.04. The largest absolute Gasteiger partial charge is 0.313 e. The third-order valence-corrected chi connectivity index (χ3v) is 7.20. The molecule has 0 bridgehead atoms. The number of likely N-dealkylation sites (N-methyl/N-ethyl adjacent to an activating group) is 1. The summed E-state index contributed by atoms with van der Waals surface area (Å²) in [6.45, 7) is 7.99. The van der Waals surface area contributed by atoms with E-state index in [2.05, 4.69) is 36.0 Å². The number of piperazine rings is 1. The molecule has 0 radical (unpaired) electrons. The molecular formula is C25H28FN3OS. The lowest BCUT2D eigenvalue weighted by Gasteiger charge is -2.39. The third kappa shape index (κ3) is 4.71. The molecule has 2 heterocycles. The minimum absolute atomic E-state index is 0.0367. The molecule has 0 unspecified atom stereocenters. The lowest BCUT2D eigenvalue weighted by Crippen LogP contribution is -2.46. The molecule has 1 atom stereocenters. The second kappa shape index (κ2) is 9.30. The number of halogens is 1. The summed E-state index contributed by atoms with van der Waals surface area (Å²) < 4.78 is 13.7. The molecule has 1 fully saturated rings. The fourth-order valence-corrected chi connectivity index (χ4v) is 5.20. The van der Waals surface area contributed by atoms with Gasteiger partial charge < -0.3 is 10.2 Å². The molecule has 1 amide bonds. The van der Waals surface area contributed by atoms with Crippen molar-refractivity contribution < 1.29 is 9.18 Å². The second-order valence-corrected chi connectivity index (χ2v) is 9.36. The number of hydrogen-bond donors (Lipinski definition) is 1. The first-order chi connectivity index (χ1) is 14.9. The van der Waals surface area contributed by atoms with Crippen molar-refractivity contribution in [3.8, 4) is 0 Å². The van der Waals surface area contributed by atoms with Gasteiger partial charge in [0.25, 0.3) is 5.91 Å². The average Bonchev–Trinajstić information content (AvgIpc) is 3.05. The zero-order valence-corrected chi connectivity index (χ0v) is 19.0. The highest BCUT2D eigenvalue weighted by atomic mass is 32.1. The number of carbonyl (C=O) groups excluding carboxylic acids is 1. The van der Waals surface area contributed by atoms with Crippen LogP contribution in [0.25, 0.3) is 0 Å². The van der Waals surface area contributed by atoms with Gasteiger partial charge in [0.1, 0.15) is 10.8 Å². The smallest absolute Gasteiger partial charge is 0.256 e. The van der Waals surface area contributed by atoms with Gasteiger partial charge in [-0.25, -0.2) is 4.39 Å². The SMILES string of the molecule is Cc1sc(NC(=O)c2ccccc2)c([C@@H](c2ccc(F)cc2)N2CCN(C)CC2)c1C. The van der Waals surface area contributed by atoms with Crippen LogP contribution in [0.3, 0.4) is 0 Å². The van der Waals surface area contributed by atoms with Crippen molar-refractivity contribution in [1.82, 2.24) is 9.80 Å². The third-order valence-electron chi connectivity index (χ3n) is 6.06. The van der Waals surface area contributed by atoms with Crippen LogP contribution >= 0.6 is 11.3 Å². The van der Waals surface area contributed by atoms with Gasteiger partial charge >= 0.3 is 0 Å². The molecule has 31 heavy (non-hydrogen) atoms. The van der Waals surface area contributed by atoms with E-state index in [1.165, 1.54) is 22.6 Å². The minimum atomic E-state index is -0.239. The van der Waals surface area contributed by atoms with Crippen molar-refractivity contribution in [2.45, 2.75) is 19.9 Å². The van der Waals surface area contributed by atoms with Gasteiger partial charge in [0.05, 0.1) is 6.04 Å². The van der Waals surface area contributed by atoms with Crippen LogP contribution in [-0.4, -0.2) is 48.9 Å². The van der Waals surface area contributed by atoms with E-state index in [1.807, 2.05) is 42.5 Å². The summed E-state index contributed by atoms with van der Waals surface area (Å²) in [5.74, 6) is -0.351. The van der Waals surface area contributed by atoms with Crippen LogP contribution in [0.15, 0.2) is 54.6 Å². The summed E-state index contributed by atoms with van der Waals surface area (Å²) in [5.41, 5.74) is 3.97. The molecule has 0 saturated carbocycles. The predicted octanol–water partition coefficient (Wildman–Crippen LogP) is 5.09. The van der Waals surface area contributed by atoms with Gasteiger partial charge in [0, 0.05) is 42.2 Å². The van der Waals surface area contributed by atoms with Crippen LogP contribution in [0, 0.1) is 19.7 Å². The number of rotatable bonds is 5. The fraction of sp³-hybridized carbons (Fsp3) is 0.320. The highest BCUT2D eigenvalue weighted by Crippen LogP contribution is 2.42. The number of anilines is 1. The van der Waals surface area contributed by atoms with Crippen LogP contribution in [0.1, 0.15) is 38.0 Å². The number of thiophene rings is 1. The van der Waals surface area contributed by atoms with E-state index in [1.54, 1.807) is 11.3 Å². The molecule has 0 aliphatic carbocycles. The molecule has 1 N–H and O–H groups in total. The lowest BCUT2D eigenvalue weighted by molar-refractivity contribution is 0.102. The molecule has 4 nitrogen and oxygen atoms in total. The second-order valence-electron chi connectivity index (χ2n) is 8.14. The van der Waals surface area contributed by atoms with Crippen molar-refractivity contribution >= 4 is 22.2 Å². The van der Waals surface area contributed by atoms with E-state index in [9.17, 15) is 9.18 Å². The standard InChI is InChI=1S/C25H28FN3OS/c1-17-18(2)31-25(27-24(30)20-7-5-4-6-8-20)22(17)23(19-9-11-21(26)12-10-19)29-15-13-28(3)14-16-29/h4-12,23H,13-16H2,1-3H3,(H,27,30)/t23-/m1/s1. The van der Waals surface area contributed by atoms with Crippen molar-refractivity contribution in [3.63, 3.8) is 0 Å². The summed E-state index contributed by atoms with van der Waals surface area (Å²) in [7, 11) is 2.13. The zero-order chi connectivity index (χ0) is 22.0. The Kier molecular flexibility index (Phi) is 6.51. The van der Waals surface area contributed by atoms with Crippen LogP contribution in [-0.2, 0) is 0 Å². The molecule has 1 aliphatic rings. The van der Waals surface area contributed by atoms with E-state index in [0.717, 1.165) is 42.3 Å². The van der Waals surface area contributed by atoms with E-state index >= 15 is 0 Å². The monoisotopic (exact) mass is 437 g/mol. The molecule has 1 saturated heterocycles. The van der Waals surface area contributed by atoms with Gasteiger partial charge in [-0.2, -0.15) is 0 Å². The van der Waals surface area contributed by atoms with Crippen molar-refractivity contribution in [1.29, 1.82) is 0 Å². The molecule has 1 aromatic heterocycles. The Bertz CT molecular complexity index is 1040. The Labute approximate surface area is 187 Å². The van der Waals surface area contributed by atoms with E-state index in [-0.39, 0.29) is 17.8 Å². The maximum absolute atomic E-state index is 13.7. The number of amides is 1. The molecular weight excluding hydrogens is 409 g/mol. The Morgan fingerprint density at radius 2 is 1.65 bits per heavy atom. The molecule has 162 valence electrons. The quantitative estimate of drug-likeness (QED) is 0.604. The molecule has 4 rings (SSSR count). The predicted molar refractivity (Wildman–Crippen MR) is 126 cm³/mol. The van der Waals surface area contributed by atoms with Gasteiger partial charge in [-0.05, 0) is 56.3 Å². The maximum atomic E-state index is 13.7. The van der Waals surface area contributed by atoms with Crippen molar-refractivity contribution in [2.75, 3.05) is 38.5 Å². The van der Waals surface area contributed by atoms with Gasteiger partial charge in [-0.3, -0.25) is 9.69 Å². The first kappa shape index (κ1) is 21.7. The Hall–Kier alpha value is -2.54. The van der Waals surface area contributed by atoms with Gasteiger partial charge in [-0.15, -0.1) is 11.3 Å². The Morgan fingerprint density at radius 3 is 2.29 bits per heavy atom. The van der Waals surface area contributed by atoms with Gasteiger partial charge in [0.15, 0.2) is 0 Å². The number of benzene rings is 2. The summed E-state index contributed by atoms with van der Waals surface area (Å²) in [4.78, 5) is 18.9. The summed E-state index contributed by atoms with van der Waals surface area (Å²) >= 11 is 1.61. The number of hydrogen-bond acceptors (Lipinski definition) is 4. The molecule has 3 aromatic rings.